The van der Waals surface area contributed by atoms with E-state index in [-0.39, 0.29) is 18.1 Å². The number of aromatic amines is 1. The van der Waals surface area contributed by atoms with Crippen LogP contribution in [-0.2, 0) is 6.54 Å². The highest BCUT2D eigenvalue weighted by molar-refractivity contribution is 6.33. The summed E-state index contributed by atoms with van der Waals surface area (Å²) in [4.78, 5) is 32.2. The molecule has 0 radical (unpaired) electrons. The van der Waals surface area contributed by atoms with E-state index >= 15 is 0 Å². The number of pyridine rings is 1. The highest BCUT2D eigenvalue weighted by Crippen LogP contribution is 2.22. The van der Waals surface area contributed by atoms with Gasteiger partial charge in [0.1, 0.15) is 5.75 Å². The molecule has 0 atom stereocenters. The lowest BCUT2D eigenvalue weighted by atomic mass is 10.1. The molecule has 0 unspecified atom stereocenters. The number of amides is 2. The van der Waals surface area contributed by atoms with Gasteiger partial charge in [-0.2, -0.15) is 0 Å². The van der Waals surface area contributed by atoms with Gasteiger partial charge in [-0.25, -0.2) is 4.79 Å². The Morgan fingerprint density at radius 2 is 1.90 bits per heavy atom. The number of carbonyl (C=O) groups is 1. The molecule has 0 saturated heterocycles. The van der Waals surface area contributed by atoms with Crippen LogP contribution < -0.4 is 15.6 Å². The van der Waals surface area contributed by atoms with Crippen LogP contribution in [0.5, 0.6) is 5.75 Å². The van der Waals surface area contributed by atoms with E-state index in [1.54, 1.807) is 29.2 Å². The van der Waals surface area contributed by atoms with Crippen LogP contribution >= 0.6 is 11.6 Å². The minimum atomic E-state index is -0.322. The Morgan fingerprint density at radius 1 is 1.13 bits per heavy atom. The molecule has 1 aromatic heterocycles. The zero-order valence-corrected chi connectivity index (χ0v) is 18.7. The predicted molar refractivity (Wildman–Crippen MR) is 125 cm³/mol. The van der Waals surface area contributed by atoms with E-state index in [1.807, 2.05) is 50.2 Å². The lowest BCUT2D eigenvalue weighted by Crippen LogP contribution is -2.40. The van der Waals surface area contributed by atoms with Crippen LogP contribution in [0.4, 0.5) is 10.5 Å². The number of hydrogen-bond donors (Lipinski definition) is 2. The van der Waals surface area contributed by atoms with Gasteiger partial charge >= 0.3 is 6.03 Å². The molecule has 2 aromatic carbocycles. The molecule has 0 aliphatic rings. The topological polar surface area (TPSA) is 77.7 Å². The summed E-state index contributed by atoms with van der Waals surface area (Å²) >= 11 is 6.18. The standard InChI is InChI=1S/C23H27ClN4O3/c1-4-31-18-9-10-20-16(14-18)13-17(22(29)25-20)15-28(12-11-27(2)3)23(30)26-21-8-6-5-7-19(21)24/h5-10,13-14H,4,11-12,15H2,1-3H3,(H,25,29)(H,26,30). The van der Waals surface area contributed by atoms with E-state index in [0.29, 0.717) is 36.0 Å². The fourth-order valence-electron chi connectivity index (χ4n) is 3.14. The molecule has 2 N–H and O–H groups in total. The van der Waals surface area contributed by atoms with Crippen molar-refractivity contribution in [2.45, 2.75) is 13.5 Å². The first-order valence-electron chi connectivity index (χ1n) is 10.1. The predicted octanol–water partition coefficient (Wildman–Crippen LogP) is 4.18. The van der Waals surface area contributed by atoms with E-state index in [1.165, 1.54) is 0 Å². The van der Waals surface area contributed by atoms with Gasteiger partial charge in [-0.05, 0) is 57.4 Å². The third kappa shape index (κ3) is 5.99. The summed E-state index contributed by atoms with van der Waals surface area (Å²) in [5.74, 6) is 0.730. The number of urea groups is 1. The largest absolute Gasteiger partial charge is 0.494 e. The van der Waals surface area contributed by atoms with Gasteiger partial charge in [-0.3, -0.25) is 4.79 Å². The number of carbonyl (C=O) groups excluding carboxylic acids is 1. The van der Waals surface area contributed by atoms with Crippen molar-refractivity contribution in [1.29, 1.82) is 0 Å². The molecule has 2 amide bonds. The number of likely N-dealkylation sites (N-methyl/N-ethyl adjacent to an activating group) is 1. The first kappa shape index (κ1) is 22.7. The van der Waals surface area contributed by atoms with Gasteiger partial charge < -0.3 is 24.8 Å². The van der Waals surface area contributed by atoms with Crippen LogP contribution in [-0.4, -0.2) is 54.6 Å². The molecule has 7 nitrogen and oxygen atoms in total. The molecular formula is C23H27ClN4O3. The SMILES string of the molecule is CCOc1ccc2[nH]c(=O)c(CN(CCN(C)C)C(=O)Nc3ccccc3Cl)cc2c1. The zero-order valence-electron chi connectivity index (χ0n) is 17.9. The highest BCUT2D eigenvalue weighted by Gasteiger charge is 2.17. The molecule has 3 rings (SSSR count). The Bertz CT molecular complexity index is 1110. The molecule has 31 heavy (non-hydrogen) atoms. The van der Waals surface area contributed by atoms with Crippen molar-refractivity contribution in [2.24, 2.45) is 0 Å². The highest BCUT2D eigenvalue weighted by atomic mass is 35.5. The number of anilines is 1. The number of nitrogens with one attached hydrogen (secondary N) is 2. The maximum Gasteiger partial charge on any atom is 0.322 e. The number of rotatable bonds is 8. The summed E-state index contributed by atoms with van der Waals surface area (Å²) in [6.07, 6.45) is 0. The molecule has 3 aromatic rings. The molecule has 0 aliphatic heterocycles. The van der Waals surface area contributed by atoms with Crippen molar-refractivity contribution in [3.05, 3.63) is 69.5 Å². The second-order valence-electron chi connectivity index (χ2n) is 7.44. The molecule has 8 heteroatoms. The molecule has 0 fully saturated rings. The second-order valence-corrected chi connectivity index (χ2v) is 7.85. The monoisotopic (exact) mass is 442 g/mol. The van der Waals surface area contributed by atoms with Gasteiger partial charge in [-0.1, -0.05) is 23.7 Å². The number of fused-ring (bicyclic) bond motifs is 1. The number of H-pyrrole nitrogens is 1. The fraction of sp³-hybridized carbons (Fsp3) is 0.304. The number of ether oxygens (including phenoxy) is 1. The Labute approximate surface area is 186 Å². The van der Waals surface area contributed by atoms with Crippen LogP contribution in [0.2, 0.25) is 5.02 Å². The van der Waals surface area contributed by atoms with Crippen LogP contribution in [0.3, 0.4) is 0 Å². The minimum absolute atomic E-state index is 0.161. The van der Waals surface area contributed by atoms with E-state index in [9.17, 15) is 9.59 Å². The number of benzene rings is 2. The number of aromatic nitrogens is 1. The molecule has 1 heterocycles. The smallest absolute Gasteiger partial charge is 0.322 e. The van der Waals surface area contributed by atoms with E-state index in [0.717, 1.165) is 16.7 Å². The Morgan fingerprint density at radius 3 is 2.61 bits per heavy atom. The van der Waals surface area contributed by atoms with Crippen molar-refractivity contribution < 1.29 is 9.53 Å². The van der Waals surface area contributed by atoms with Crippen molar-refractivity contribution in [1.82, 2.24) is 14.8 Å². The van der Waals surface area contributed by atoms with Crippen molar-refractivity contribution in [2.75, 3.05) is 39.1 Å². The van der Waals surface area contributed by atoms with Gasteiger partial charge in [0, 0.05) is 29.6 Å². The summed E-state index contributed by atoms with van der Waals surface area (Å²) in [5.41, 5.74) is 1.52. The Hall–Kier alpha value is -3.03. The molecular weight excluding hydrogens is 416 g/mol. The number of para-hydroxylation sites is 1. The van der Waals surface area contributed by atoms with Crippen molar-refractivity contribution >= 4 is 34.2 Å². The van der Waals surface area contributed by atoms with Gasteiger partial charge in [0.15, 0.2) is 0 Å². The molecule has 0 saturated carbocycles. The summed E-state index contributed by atoms with van der Waals surface area (Å²) in [7, 11) is 3.87. The summed E-state index contributed by atoms with van der Waals surface area (Å²) in [5, 5.41) is 4.14. The van der Waals surface area contributed by atoms with Crippen molar-refractivity contribution in [3.63, 3.8) is 0 Å². The molecule has 0 aliphatic carbocycles. The average Bonchev–Trinajstić information content (AvgIpc) is 2.73. The number of nitrogens with zero attached hydrogens (tertiary/aromatic N) is 2. The summed E-state index contributed by atoms with van der Waals surface area (Å²) in [6.45, 7) is 3.73. The third-order valence-corrected chi connectivity index (χ3v) is 5.11. The van der Waals surface area contributed by atoms with Crippen molar-refractivity contribution in [3.8, 4) is 5.75 Å². The molecule has 164 valence electrons. The van der Waals surface area contributed by atoms with E-state index in [4.69, 9.17) is 16.3 Å². The quantitative estimate of drug-likeness (QED) is 0.548. The lowest BCUT2D eigenvalue weighted by molar-refractivity contribution is 0.202. The lowest BCUT2D eigenvalue weighted by Gasteiger charge is -2.25. The number of hydrogen-bond acceptors (Lipinski definition) is 4. The Balaban J connectivity index is 1.88. The van der Waals surface area contributed by atoms with Gasteiger partial charge in [-0.15, -0.1) is 0 Å². The third-order valence-electron chi connectivity index (χ3n) is 4.78. The normalized spacial score (nSPS) is 11.0. The van der Waals surface area contributed by atoms with Gasteiger partial charge in [0.25, 0.3) is 5.56 Å². The van der Waals surface area contributed by atoms with Gasteiger partial charge in [0.2, 0.25) is 0 Å². The van der Waals surface area contributed by atoms with E-state index in [2.05, 4.69) is 10.3 Å². The molecule has 0 spiro atoms. The average molecular weight is 443 g/mol. The maximum atomic E-state index is 13.0. The fourth-order valence-corrected chi connectivity index (χ4v) is 3.32. The van der Waals surface area contributed by atoms with Crippen LogP contribution in [0.15, 0.2) is 53.3 Å². The Kier molecular flexibility index (Phi) is 7.55. The molecule has 0 bridgehead atoms. The number of halogens is 1. The van der Waals surface area contributed by atoms with Crippen LogP contribution in [0, 0.1) is 0 Å². The maximum absolute atomic E-state index is 13.0. The first-order chi connectivity index (χ1) is 14.9. The first-order valence-corrected chi connectivity index (χ1v) is 10.5. The summed E-state index contributed by atoms with van der Waals surface area (Å²) < 4.78 is 5.56. The van der Waals surface area contributed by atoms with Crippen LogP contribution in [0.1, 0.15) is 12.5 Å². The second kappa shape index (κ2) is 10.3. The minimum Gasteiger partial charge on any atom is -0.494 e. The van der Waals surface area contributed by atoms with E-state index < -0.39 is 0 Å². The zero-order chi connectivity index (χ0) is 22.4. The van der Waals surface area contributed by atoms with Crippen LogP contribution in [0.25, 0.3) is 10.9 Å². The summed E-state index contributed by atoms with van der Waals surface area (Å²) in [6, 6.07) is 14.1. The van der Waals surface area contributed by atoms with Gasteiger partial charge in [0.05, 0.1) is 23.9 Å².